The number of nitrogens with one attached hydrogen (secondary N) is 1. The minimum atomic E-state index is -1.27. The number of halogens is 1. The van der Waals surface area contributed by atoms with Crippen LogP contribution in [0.3, 0.4) is 0 Å². The van der Waals surface area contributed by atoms with Crippen LogP contribution in [0.1, 0.15) is 0 Å². The summed E-state index contributed by atoms with van der Waals surface area (Å²) < 4.78 is 11.5. The van der Waals surface area contributed by atoms with Gasteiger partial charge in [0.1, 0.15) is 0 Å². The number of hydrogen-bond acceptors (Lipinski definition) is 2. The minimum Gasteiger partial charge on any atom is -0.269 e. The first-order chi connectivity index (χ1) is 2.81. The van der Waals surface area contributed by atoms with Crippen molar-refractivity contribution < 1.29 is 4.39 Å². The van der Waals surface area contributed by atoms with Crippen molar-refractivity contribution in [3.8, 4) is 0 Å². The van der Waals surface area contributed by atoms with Crippen LogP contribution < -0.4 is 11.3 Å². The average molecular weight is 90.1 g/mol. The highest BCUT2D eigenvalue weighted by atomic mass is 19.1. The van der Waals surface area contributed by atoms with Crippen LogP contribution in [0.15, 0.2) is 12.7 Å². The van der Waals surface area contributed by atoms with E-state index in [4.69, 9.17) is 0 Å². The molecular weight excluding hydrogens is 83.0 g/mol. The van der Waals surface area contributed by atoms with Crippen molar-refractivity contribution in [1.82, 2.24) is 5.43 Å². The fraction of sp³-hybridized carbons (Fsp3) is 0.333. The SMILES string of the molecule is C=CC(F)NN. The number of hydrogen-bond donors (Lipinski definition) is 2. The fourth-order valence-electron chi connectivity index (χ4n) is 0.0680. The predicted octanol–water partition coefficient (Wildman–Crippen LogP) is -0.0687. The Labute approximate surface area is 35.8 Å². The van der Waals surface area contributed by atoms with E-state index >= 15 is 0 Å². The van der Waals surface area contributed by atoms with Gasteiger partial charge in [-0.05, 0) is 6.08 Å². The molecule has 0 rings (SSSR count). The first-order valence-corrected chi connectivity index (χ1v) is 1.54. The van der Waals surface area contributed by atoms with E-state index in [-0.39, 0.29) is 0 Å². The van der Waals surface area contributed by atoms with Gasteiger partial charge in [0.2, 0.25) is 0 Å². The molecule has 36 valence electrons. The number of nitrogens with two attached hydrogens (primary N) is 1. The van der Waals surface area contributed by atoms with E-state index in [1.165, 1.54) is 0 Å². The smallest absolute Gasteiger partial charge is 0.181 e. The van der Waals surface area contributed by atoms with Crippen molar-refractivity contribution in [2.75, 3.05) is 0 Å². The van der Waals surface area contributed by atoms with E-state index in [1.54, 1.807) is 0 Å². The number of hydrazine groups is 1. The first-order valence-electron chi connectivity index (χ1n) is 1.54. The Balaban J connectivity index is 2.96. The summed E-state index contributed by atoms with van der Waals surface area (Å²) in [7, 11) is 0. The van der Waals surface area contributed by atoms with Gasteiger partial charge in [-0.25, -0.2) is 9.82 Å². The van der Waals surface area contributed by atoms with Crippen LogP contribution in [0.2, 0.25) is 0 Å². The summed E-state index contributed by atoms with van der Waals surface area (Å²) in [5.41, 5.74) is 1.83. The maximum absolute atomic E-state index is 11.5. The highest BCUT2D eigenvalue weighted by molar-refractivity contribution is 4.73. The second kappa shape index (κ2) is 2.81. The Bertz CT molecular complexity index is 46.1. The molecule has 0 aromatic carbocycles. The second-order valence-electron chi connectivity index (χ2n) is 0.804. The van der Waals surface area contributed by atoms with E-state index in [9.17, 15) is 4.39 Å². The van der Waals surface area contributed by atoms with Crippen LogP contribution in [0.5, 0.6) is 0 Å². The summed E-state index contributed by atoms with van der Waals surface area (Å²) in [5.74, 6) is 4.59. The van der Waals surface area contributed by atoms with Crippen LogP contribution >= 0.6 is 0 Å². The largest absolute Gasteiger partial charge is 0.269 e. The van der Waals surface area contributed by atoms with Crippen LogP contribution in [0.25, 0.3) is 0 Å². The molecule has 0 aliphatic carbocycles. The third-order valence-electron chi connectivity index (χ3n) is 0.366. The highest BCUT2D eigenvalue weighted by Gasteiger charge is 1.87. The zero-order valence-corrected chi connectivity index (χ0v) is 3.32. The molecule has 0 aliphatic rings. The molecule has 0 amide bonds. The lowest BCUT2D eigenvalue weighted by Gasteiger charge is -1.93. The monoisotopic (exact) mass is 90.1 g/mol. The molecule has 0 saturated heterocycles. The summed E-state index contributed by atoms with van der Waals surface area (Å²) in [6, 6.07) is 0. The van der Waals surface area contributed by atoms with E-state index < -0.39 is 6.30 Å². The summed E-state index contributed by atoms with van der Waals surface area (Å²) in [6.45, 7) is 3.11. The third-order valence-corrected chi connectivity index (χ3v) is 0.366. The average Bonchev–Trinajstić information content (AvgIpc) is 1.65. The van der Waals surface area contributed by atoms with Gasteiger partial charge in [-0.15, -0.1) is 0 Å². The van der Waals surface area contributed by atoms with Crippen molar-refractivity contribution in [3.63, 3.8) is 0 Å². The molecule has 0 aromatic heterocycles. The molecule has 3 heteroatoms. The molecule has 3 N–H and O–H groups in total. The quantitative estimate of drug-likeness (QED) is 0.215. The van der Waals surface area contributed by atoms with Crippen LogP contribution in [-0.4, -0.2) is 6.30 Å². The Hall–Kier alpha value is -0.410. The molecule has 0 heterocycles. The van der Waals surface area contributed by atoms with Gasteiger partial charge in [0.15, 0.2) is 6.30 Å². The van der Waals surface area contributed by atoms with Gasteiger partial charge in [0, 0.05) is 0 Å². The summed E-state index contributed by atoms with van der Waals surface area (Å²) in [4.78, 5) is 0. The van der Waals surface area contributed by atoms with E-state index in [1.807, 2.05) is 5.43 Å². The topological polar surface area (TPSA) is 38.0 Å². The molecule has 0 saturated carbocycles. The van der Waals surface area contributed by atoms with Gasteiger partial charge in [-0.2, -0.15) is 0 Å². The molecule has 6 heavy (non-hydrogen) atoms. The Morgan fingerprint density at radius 1 is 2.00 bits per heavy atom. The van der Waals surface area contributed by atoms with Gasteiger partial charge < -0.3 is 0 Å². The Morgan fingerprint density at radius 3 is 2.50 bits per heavy atom. The zero-order chi connectivity index (χ0) is 4.99. The molecule has 2 nitrogen and oxygen atoms in total. The van der Waals surface area contributed by atoms with Gasteiger partial charge in [0.05, 0.1) is 0 Å². The molecule has 0 bridgehead atoms. The van der Waals surface area contributed by atoms with Crippen molar-refractivity contribution in [2.24, 2.45) is 5.84 Å². The molecule has 1 unspecified atom stereocenters. The van der Waals surface area contributed by atoms with Crippen molar-refractivity contribution in [3.05, 3.63) is 12.7 Å². The molecule has 1 atom stereocenters. The lowest BCUT2D eigenvalue weighted by Crippen LogP contribution is -2.29. The van der Waals surface area contributed by atoms with Crippen molar-refractivity contribution >= 4 is 0 Å². The van der Waals surface area contributed by atoms with Crippen LogP contribution in [-0.2, 0) is 0 Å². The van der Waals surface area contributed by atoms with Crippen LogP contribution in [0.4, 0.5) is 4.39 Å². The van der Waals surface area contributed by atoms with Crippen molar-refractivity contribution in [2.45, 2.75) is 6.30 Å². The maximum atomic E-state index is 11.5. The van der Waals surface area contributed by atoms with Crippen LogP contribution in [0, 0.1) is 0 Å². The molecular formula is C3H7FN2. The molecule has 0 spiro atoms. The first kappa shape index (κ1) is 5.59. The van der Waals surface area contributed by atoms with E-state index in [2.05, 4.69) is 12.4 Å². The van der Waals surface area contributed by atoms with Gasteiger partial charge in [-0.1, -0.05) is 6.58 Å². The maximum Gasteiger partial charge on any atom is 0.181 e. The molecule has 0 fully saturated rings. The molecule has 0 aromatic rings. The predicted molar refractivity (Wildman–Crippen MR) is 22.4 cm³/mol. The van der Waals surface area contributed by atoms with Crippen molar-refractivity contribution in [1.29, 1.82) is 0 Å². The van der Waals surface area contributed by atoms with E-state index in [0.29, 0.717) is 0 Å². The summed E-state index contributed by atoms with van der Waals surface area (Å²) in [6.07, 6.45) is -0.204. The minimum absolute atomic E-state index is 1.07. The number of alkyl halides is 1. The zero-order valence-electron chi connectivity index (χ0n) is 3.32. The summed E-state index contributed by atoms with van der Waals surface area (Å²) >= 11 is 0. The standard InChI is InChI=1S/C3H7FN2/c1-2-3(4)6-5/h2-3,6H,1,5H2. The fourth-order valence-corrected chi connectivity index (χ4v) is 0.0680. The Kier molecular flexibility index (Phi) is 2.62. The Morgan fingerprint density at radius 2 is 2.50 bits per heavy atom. The number of rotatable bonds is 2. The lowest BCUT2D eigenvalue weighted by atomic mass is 10.6. The van der Waals surface area contributed by atoms with Gasteiger partial charge in [0.25, 0.3) is 0 Å². The highest BCUT2D eigenvalue weighted by Crippen LogP contribution is 1.77. The third kappa shape index (κ3) is 1.87. The van der Waals surface area contributed by atoms with Gasteiger partial charge in [-0.3, -0.25) is 5.84 Å². The lowest BCUT2D eigenvalue weighted by molar-refractivity contribution is 0.340. The van der Waals surface area contributed by atoms with E-state index in [0.717, 1.165) is 6.08 Å². The second-order valence-corrected chi connectivity index (χ2v) is 0.804. The molecule has 0 aliphatic heterocycles. The summed E-state index contributed by atoms with van der Waals surface area (Å²) in [5, 5.41) is 0. The van der Waals surface area contributed by atoms with Gasteiger partial charge >= 0.3 is 0 Å². The molecule has 0 radical (unpaired) electrons. The normalized spacial score (nSPS) is 13.7.